The van der Waals surface area contributed by atoms with Crippen LogP contribution >= 0.6 is 0 Å². The maximum absolute atomic E-state index is 5.30. The zero-order valence-electron chi connectivity index (χ0n) is 4.68. The molecule has 40 valence electrons. The topological polar surface area (TPSA) is 38.4 Å². The molecule has 0 aromatic rings. The molecule has 0 amide bonds. The van der Waals surface area contributed by atoms with E-state index in [1.807, 2.05) is 6.92 Å². The van der Waals surface area contributed by atoms with Crippen LogP contribution in [0.5, 0.6) is 0 Å². The Morgan fingerprint density at radius 1 is 1.71 bits per heavy atom. The minimum absolute atomic E-state index is 0.711. The number of aliphatic imine (C=N–C) groups is 1. The molecular weight excluding hydrogens is 88.1 g/mol. The quantitative estimate of drug-likeness (QED) is 0.478. The lowest BCUT2D eigenvalue weighted by atomic mass is 10.5. The fourth-order valence-corrected chi connectivity index (χ4v) is 0.224. The zero-order chi connectivity index (χ0) is 5.70. The third kappa shape index (κ3) is 3.03. The van der Waals surface area contributed by atoms with Gasteiger partial charge in [0.2, 0.25) is 0 Å². The van der Waals surface area contributed by atoms with Gasteiger partial charge in [0.25, 0.3) is 0 Å². The molecule has 0 saturated carbocycles. The van der Waals surface area contributed by atoms with E-state index in [0.717, 1.165) is 0 Å². The van der Waals surface area contributed by atoms with Crippen molar-refractivity contribution in [2.75, 3.05) is 7.05 Å². The van der Waals surface area contributed by atoms with Gasteiger partial charge in [-0.15, -0.1) is 0 Å². The van der Waals surface area contributed by atoms with Crippen LogP contribution in [0.15, 0.2) is 16.8 Å². The molecule has 2 N–H and O–H groups in total. The van der Waals surface area contributed by atoms with Crippen molar-refractivity contribution in [1.82, 2.24) is 0 Å². The number of allylic oxidation sites excluding steroid dienone is 2. The van der Waals surface area contributed by atoms with Crippen LogP contribution in [0.25, 0.3) is 0 Å². The third-order valence-electron chi connectivity index (χ3n) is 0.612. The SMILES string of the molecule is C/C=C(N)\C=N/C. The van der Waals surface area contributed by atoms with E-state index in [-0.39, 0.29) is 0 Å². The predicted octanol–water partition coefficient (Wildman–Crippen LogP) is 0.550. The molecule has 0 aliphatic rings. The third-order valence-corrected chi connectivity index (χ3v) is 0.612. The molecule has 7 heavy (non-hydrogen) atoms. The molecule has 0 radical (unpaired) electrons. The van der Waals surface area contributed by atoms with Crippen LogP contribution in [0.4, 0.5) is 0 Å². The molecule has 0 aromatic heterocycles. The molecular formula is C5H10N2. The number of nitrogens with zero attached hydrogens (tertiary/aromatic N) is 1. The highest BCUT2D eigenvalue weighted by atomic mass is 14.7. The van der Waals surface area contributed by atoms with Crippen molar-refractivity contribution in [3.63, 3.8) is 0 Å². The van der Waals surface area contributed by atoms with E-state index in [9.17, 15) is 0 Å². The van der Waals surface area contributed by atoms with Crippen molar-refractivity contribution in [1.29, 1.82) is 0 Å². The zero-order valence-corrected chi connectivity index (χ0v) is 4.68. The molecule has 0 saturated heterocycles. The average Bonchev–Trinajstić information content (AvgIpc) is 1.68. The number of hydrogen-bond donors (Lipinski definition) is 1. The van der Waals surface area contributed by atoms with Crippen LogP contribution in [-0.2, 0) is 0 Å². The Morgan fingerprint density at radius 3 is 2.43 bits per heavy atom. The second kappa shape index (κ2) is 3.40. The second-order valence-corrected chi connectivity index (χ2v) is 1.18. The van der Waals surface area contributed by atoms with E-state index in [0.29, 0.717) is 5.70 Å². The van der Waals surface area contributed by atoms with Gasteiger partial charge in [0.15, 0.2) is 0 Å². The fourth-order valence-electron chi connectivity index (χ4n) is 0.224. The van der Waals surface area contributed by atoms with Crippen molar-refractivity contribution in [3.05, 3.63) is 11.8 Å². The van der Waals surface area contributed by atoms with Gasteiger partial charge < -0.3 is 5.73 Å². The maximum Gasteiger partial charge on any atom is 0.0452 e. The highest BCUT2D eigenvalue weighted by Gasteiger charge is 1.71. The molecule has 0 aliphatic carbocycles. The van der Waals surface area contributed by atoms with Gasteiger partial charge in [-0.05, 0) is 6.92 Å². The summed E-state index contributed by atoms with van der Waals surface area (Å²) >= 11 is 0. The van der Waals surface area contributed by atoms with Gasteiger partial charge in [0.05, 0.1) is 0 Å². The van der Waals surface area contributed by atoms with Crippen LogP contribution in [0.2, 0.25) is 0 Å². The van der Waals surface area contributed by atoms with Crippen LogP contribution in [0, 0.1) is 0 Å². The van der Waals surface area contributed by atoms with Gasteiger partial charge in [-0.2, -0.15) is 0 Å². The smallest absolute Gasteiger partial charge is 0.0452 e. The molecule has 0 rings (SSSR count). The molecule has 0 aliphatic heterocycles. The Hall–Kier alpha value is -0.790. The summed E-state index contributed by atoms with van der Waals surface area (Å²) in [5.74, 6) is 0. The Balaban J connectivity index is 3.58. The van der Waals surface area contributed by atoms with Crippen LogP contribution in [-0.4, -0.2) is 13.3 Å². The summed E-state index contributed by atoms with van der Waals surface area (Å²) in [5, 5.41) is 0. The predicted molar refractivity (Wildman–Crippen MR) is 32.4 cm³/mol. The van der Waals surface area contributed by atoms with Crippen LogP contribution in [0.1, 0.15) is 6.92 Å². The lowest BCUT2D eigenvalue weighted by molar-refractivity contribution is 1.40. The van der Waals surface area contributed by atoms with Gasteiger partial charge >= 0.3 is 0 Å². The van der Waals surface area contributed by atoms with Crippen molar-refractivity contribution in [3.8, 4) is 0 Å². The first-order chi connectivity index (χ1) is 3.31. The van der Waals surface area contributed by atoms with Gasteiger partial charge in [-0.25, -0.2) is 0 Å². The molecule has 2 nitrogen and oxygen atoms in total. The summed E-state index contributed by atoms with van der Waals surface area (Å²) in [6.45, 7) is 1.87. The Morgan fingerprint density at radius 2 is 2.29 bits per heavy atom. The summed E-state index contributed by atoms with van der Waals surface area (Å²) in [7, 11) is 1.69. The summed E-state index contributed by atoms with van der Waals surface area (Å²) in [6.07, 6.45) is 3.41. The molecule has 0 heterocycles. The summed E-state index contributed by atoms with van der Waals surface area (Å²) in [4.78, 5) is 3.69. The minimum Gasteiger partial charge on any atom is -0.398 e. The lowest BCUT2D eigenvalue weighted by Gasteiger charge is -1.82. The van der Waals surface area contributed by atoms with Gasteiger partial charge in [-0.1, -0.05) is 6.08 Å². The van der Waals surface area contributed by atoms with E-state index >= 15 is 0 Å². The first-order valence-electron chi connectivity index (χ1n) is 2.15. The van der Waals surface area contributed by atoms with E-state index in [1.54, 1.807) is 19.3 Å². The summed E-state index contributed by atoms with van der Waals surface area (Å²) in [5.41, 5.74) is 6.01. The highest BCUT2D eigenvalue weighted by Crippen LogP contribution is 1.72. The normalized spacial score (nSPS) is 13.1. The van der Waals surface area contributed by atoms with Gasteiger partial charge in [-0.3, -0.25) is 4.99 Å². The van der Waals surface area contributed by atoms with Gasteiger partial charge in [0.1, 0.15) is 0 Å². The number of rotatable bonds is 1. The van der Waals surface area contributed by atoms with Gasteiger partial charge in [0, 0.05) is 19.0 Å². The molecule has 0 fully saturated rings. The Bertz CT molecular complexity index is 92.3. The van der Waals surface area contributed by atoms with E-state index in [4.69, 9.17) is 5.73 Å². The monoisotopic (exact) mass is 98.1 g/mol. The minimum atomic E-state index is 0.711. The Kier molecular flexibility index (Phi) is 3.02. The molecule has 0 spiro atoms. The summed E-state index contributed by atoms with van der Waals surface area (Å²) < 4.78 is 0. The van der Waals surface area contributed by atoms with Crippen molar-refractivity contribution in [2.45, 2.75) is 6.92 Å². The molecule has 0 unspecified atom stereocenters. The largest absolute Gasteiger partial charge is 0.398 e. The molecule has 0 aromatic carbocycles. The lowest BCUT2D eigenvalue weighted by Crippen LogP contribution is -1.95. The standard InChI is InChI=1S/C5H10N2/c1-3-5(6)4-7-2/h3-4H,6H2,1-2H3/b5-3+,7-4-. The summed E-state index contributed by atoms with van der Waals surface area (Å²) in [6, 6.07) is 0. The molecule has 0 bridgehead atoms. The van der Waals surface area contributed by atoms with E-state index < -0.39 is 0 Å². The van der Waals surface area contributed by atoms with Crippen molar-refractivity contribution in [2.24, 2.45) is 10.7 Å². The number of hydrogen-bond acceptors (Lipinski definition) is 2. The first-order valence-corrected chi connectivity index (χ1v) is 2.15. The maximum atomic E-state index is 5.30. The fraction of sp³-hybridized carbons (Fsp3) is 0.400. The molecule has 2 heteroatoms. The van der Waals surface area contributed by atoms with E-state index in [1.165, 1.54) is 0 Å². The number of nitrogens with two attached hydrogens (primary N) is 1. The van der Waals surface area contributed by atoms with Crippen molar-refractivity contribution < 1.29 is 0 Å². The molecule has 0 atom stereocenters. The van der Waals surface area contributed by atoms with Crippen LogP contribution < -0.4 is 5.73 Å². The van der Waals surface area contributed by atoms with Crippen molar-refractivity contribution >= 4 is 6.21 Å². The highest BCUT2D eigenvalue weighted by molar-refractivity contribution is 5.76. The van der Waals surface area contributed by atoms with Crippen LogP contribution in [0.3, 0.4) is 0 Å². The first kappa shape index (κ1) is 6.21. The van der Waals surface area contributed by atoms with E-state index in [2.05, 4.69) is 4.99 Å². The Labute approximate surface area is 43.7 Å². The second-order valence-electron chi connectivity index (χ2n) is 1.18. The average molecular weight is 98.1 g/mol.